The predicted octanol–water partition coefficient (Wildman–Crippen LogP) is 3.27. The molecule has 20 heavy (non-hydrogen) atoms. The number of nitrogens with zero attached hydrogens (tertiary/aromatic N) is 3. The van der Waals surface area contributed by atoms with Crippen LogP contribution in [0.25, 0.3) is 0 Å². The summed E-state index contributed by atoms with van der Waals surface area (Å²) in [6, 6.07) is 7.89. The first-order chi connectivity index (χ1) is 9.59. The van der Waals surface area contributed by atoms with Gasteiger partial charge in [0.05, 0.1) is 12.6 Å². The lowest BCUT2D eigenvalue weighted by Crippen LogP contribution is -2.52. The topological polar surface area (TPSA) is 39.9 Å². The molecule has 0 aliphatic carbocycles. The second-order valence-corrected chi connectivity index (χ2v) is 6.14. The second-order valence-electron chi connectivity index (χ2n) is 5.70. The Kier molecular flexibility index (Phi) is 3.52. The van der Waals surface area contributed by atoms with Crippen molar-refractivity contribution >= 4 is 11.6 Å². The average molecular weight is 292 g/mol. The Balaban J connectivity index is 1.87. The molecule has 0 radical (unpaired) electrons. The van der Waals surface area contributed by atoms with Gasteiger partial charge in [0.25, 0.3) is 0 Å². The lowest BCUT2D eigenvalue weighted by Gasteiger charge is -2.49. The number of hydrogen-bond acceptors (Lipinski definition) is 3. The smallest absolute Gasteiger partial charge is 0.137 e. The summed E-state index contributed by atoms with van der Waals surface area (Å²) in [5.74, 6) is 0.520. The summed E-state index contributed by atoms with van der Waals surface area (Å²) in [5.41, 5.74) is 0.835. The Bertz CT molecular complexity index is 559. The Morgan fingerprint density at radius 1 is 1.40 bits per heavy atom. The zero-order valence-electron chi connectivity index (χ0n) is 11.7. The first-order valence-corrected chi connectivity index (χ1v) is 7.23. The maximum atomic E-state index is 6.26. The van der Waals surface area contributed by atoms with E-state index in [4.69, 9.17) is 16.3 Å². The van der Waals surface area contributed by atoms with Crippen molar-refractivity contribution in [3.63, 3.8) is 0 Å². The van der Waals surface area contributed by atoms with Gasteiger partial charge in [-0.2, -0.15) is 5.10 Å². The third kappa shape index (κ3) is 2.45. The molecule has 106 valence electrons. The molecule has 1 aromatic carbocycles. The van der Waals surface area contributed by atoms with Crippen LogP contribution >= 0.6 is 11.6 Å². The van der Waals surface area contributed by atoms with Gasteiger partial charge in [-0.1, -0.05) is 37.6 Å². The largest absolute Gasteiger partial charge is 0.365 e. The van der Waals surface area contributed by atoms with Crippen molar-refractivity contribution < 1.29 is 4.74 Å². The van der Waals surface area contributed by atoms with E-state index in [0.29, 0.717) is 18.6 Å². The predicted molar refractivity (Wildman–Crippen MR) is 77.5 cm³/mol. The molecule has 2 aromatic rings. The van der Waals surface area contributed by atoms with Crippen molar-refractivity contribution in [2.75, 3.05) is 0 Å². The molecule has 1 saturated heterocycles. The van der Waals surface area contributed by atoms with Crippen LogP contribution in [0, 0.1) is 5.92 Å². The lowest BCUT2D eigenvalue weighted by atomic mass is 9.79. The van der Waals surface area contributed by atoms with Crippen molar-refractivity contribution in [3.05, 3.63) is 47.5 Å². The van der Waals surface area contributed by atoms with Crippen LogP contribution in [0.5, 0.6) is 0 Å². The summed E-state index contributed by atoms with van der Waals surface area (Å²) in [6.07, 6.45) is 4.57. The highest BCUT2D eigenvalue weighted by Gasteiger charge is 2.48. The molecule has 2 heterocycles. The summed E-state index contributed by atoms with van der Waals surface area (Å²) in [4.78, 5) is 4.00. The van der Waals surface area contributed by atoms with E-state index < -0.39 is 0 Å². The molecule has 3 rings (SSSR count). The minimum Gasteiger partial charge on any atom is -0.365 e. The summed E-state index contributed by atoms with van der Waals surface area (Å²) < 4.78 is 8.08. The zero-order valence-corrected chi connectivity index (χ0v) is 12.4. The monoisotopic (exact) mass is 291 g/mol. The SMILES string of the molecule is CC(C)C1CC(Cn2cncn2)(c2ccc(Cl)cc2)O1. The molecular weight excluding hydrogens is 274 g/mol. The number of aromatic nitrogens is 3. The highest BCUT2D eigenvalue weighted by atomic mass is 35.5. The standard InChI is InChI=1S/C15H18ClN3O/c1-11(2)14-7-15(20-14,8-19-10-17-9-18-19)12-3-5-13(16)6-4-12/h3-6,9-11,14H,7-8H2,1-2H3. The normalized spacial score (nSPS) is 25.7. The molecule has 0 N–H and O–H groups in total. The van der Waals surface area contributed by atoms with E-state index in [-0.39, 0.29) is 5.60 Å². The van der Waals surface area contributed by atoms with E-state index in [9.17, 15) is 0 Å². The fourth-order valence-corrected chi connectivity index (χ4v) is 2.81. The van der Waals surface area contributed by atoms with Crippen molar-refractivity contribution in [3.8, 4) is 0 Å². The van der Waals surface area contributed by atoms with E-state index in [1.165, 1.54) is 0 Å². The van der Waals surface area contributed by atoms with Gasteiger partial charge in [-0.3, -0.25) is 0 Å². The van der Waals surface area contributed by atoms with Gasteiger partial charge in [-0.05, 0) is 23.6 Å². The van der Waals surface area contributed by atoms with Crippen LogP contribution in [-0.2, 0) is 16.9 Å². The van der Waals surface area contributed by atoms with Crippen LogP contribution in [0.2, 0.25) is 5.02 Å². The van der Waals surface area contributed by atoms with Crippen molar-refractivity contribution in [2.45, 2.75) is 38.5 Å². The Hall–Kier alpha value is -1.39. The first-order valence-electron chi connectivity index (χ1n) is 6.85. The molecule has 0 amide bonds. The number of benzene rings is 1. The highest BCUT2D eigenvalue weighted by molar-refractivity contribution is 6.30. The van der Waals surface area contributed by atoms with Crippen molar-refractivity contribution in [1.82, 2.24) is 14.8 Å². The zero-order chi connectivity index (χ0) is 14.2. The summed E-state index contributed by atoms with van der Waals surface area (Å²) in [5, 5.41) is 4.94. The molecule has 0 saturated carbocycles. The number of halogens is 1. The molecule has 1 aliphatic rings. The number of hydrogen-bond donors (Lipinski definition) is 0. The van der Waals surface area contributed by atoms with E-state index in [2.05, 4.69) is 23.9 Å². The Labute approximate surface area is 123 Å². The molecular formula is C15H18ClN3O. The van der Waals surface area contributed by atoms with Crippen LogP contribution in [0.15, 0.2) is 36.9 Å². The Morgan fingerprint density at radius 3 is 2.65 bits per heavy atom. The molecule has 0 bridgehead atoms. The van der Waals surface area contributed by atoms with Crippen LogP contribution in [0.4, 0.5) is 0 Å². The molecule has 1 aromatic heterocycles. The van der Waals surface area contributed by atoms with Gasteiger partial charge in [0.1, 0.15) is 18.3 Å². The quantitative estimate of drug-likeness (QED) is 0.868. The van der Waals surface area contributed by atoms with E-state index in [1.54, 1.807) is 12.7 Å². The van der Waals surface area contributed by atoms with Crippen molar-refractivity contribution in [2.24, 2.45) is 5.92 Å². The third-order valence-corrected chi connectivity index (χ3v) is 4.16. The second kappa shape index (κ2) is 5.19. The van der Waals surface area contributed by atoms with Crippen molar-refractivity contribution in [1.29, 1.82) is 0 Å². The highest BCUT2D eigenvalue weighted by Crippen LogP contribution is 2.45. The van der Waals surface area contributed by atoms with E-state index >= 15 is 0 Å². The minimum atomic E-state index is -0.312. The van der Waals surface area contributed by atoms with Gasteiger partial charge >= 0.3 is 0 Å². The fourth-order valence-electron chi connectivity index (χ4n) is 2.69. The maximum Gasteiger partial charge on any atom is 0.137 e. The number of rotatable bonds is 4. The molecule has 4 nitrogen and oxygen atoms in total. The fraction of sp³-hybridized carbons (Fsp3) is 0.467. The summed E-state index contributed by atoms with van der Waals surface area (Å²) in [6.45, 7) is 5.05. The summed E-state index contributed by atoms with van der Waals surface area (Å²) >= 11 is 5.98. The van der Waals surface area contributed by atoms with Gasteiger partial charge in [0.2, 0.25) is 0 Å². The Morgan fingerprint density at radius 2 is 2.10 bits per heavy atom. The minimum absolute atomic E-state index is 0.300. The lowest BCUT2D eigenvalue weighted by molar-refractivity contribution is -0.236. The molecule has 2 atom stereocenters. The van der Waals surface area contributed by atoms with Crippen LogP contribution in [0.3, 0.4) is 0 Å². The van der Waals surface area contributed by atoms with Gasteiger partial charge in [-0.15, -0.1) is 0 Å². The van der Waals surface area contributed by atoms with Crippen LogP contribution in [0.1, 0.15) is 25.8 Å². The van der Waals surface area contributed by atoms with E-state index in [1.807, 2.05) is 28.9 Å². The van der Waals surface area contributed by atoms with Gasteiger partial charge < -0.3 is 4.74 Å². The average Bonchev–Trinajstić information content (AvgIpc) is 2.87. The van der Waals surface area contributed by atoms with Gasteiger partial charge in [0, 0.05) is 11.4 Å². The first kappa shape index (κ1) is 13.6. The molecule has 0 spiro atoms. The van der Waals surface area contributed by atoms with Crippen LogP contribution < -0.4 is 0 Å². The maximum absolute atomic E-state index is 6.26. The molecule has 1 fully saturated rings. The molecule has 2 unspecified atom stereocenters. The molecule has 1 aliphatic heterocycles. The molecule has 5 heteroatoms. The van der Waals surface area contributed by atoms with Crippen LogP contribution in [-0.4, -0.2) is 20.9 Å². The van der Waals surface area contributed by atoms with E-state index in [0.717, 1.165) is 17.0 Å². The summed E-state index contributed by atoms with van der Waals surface area (Å²) in [7, 11) is 0. The third-order valence-electron chi connectivity index (χ3n) is 3.91. The number of ether oxygens (including phenoxy) is 1. The van der Waals surface area contributed by atoms with Gasteiger partial charge in [-0.25, -0.2) is 9.67 Å². The van der Waals surface area contributed by atoms with Gasteiger partial charge in [0.15, 0.2) is 0 Å².